The van der Waals surface area contributed by atoms with Crippen LogP contribution in [0.1, 0.15) is 310 Å². The molecule has 1 unspecified atom stereocenters. The highest BCUT2D eigenvalue weighted by molar-refractivity contribution is 5.71. The maximum absolute atomic E-state index is 12.9. The monoisotopic (exact) mass is 1060 g/mol. The summed E-state index contributed by atoms with van der Waals surface area (Å²) in [6, 6.07) is 0. The van der Waals surface area contributed by atoms with E-state index in [1.54, 1.807) is 0 Å². The van der Waals surface area contributed by atoms with E-state index in [0.29, 0.717) is 19.3 Å². The summed E-state index contributed by atoms with van der Waals surface area (Å²) in [5.74, 6) is -0.894. The predicted molar refractivity (Wildman–Crippen MR) is 330 cm³/mol. The molecule has 1 atom stereocenters. The first kappa shape index (κ1) is 72.3. The third-order valence-electron chi connectivity index (χ3n) is 13.8. The Labute approximate surface area is 470 Å². The summed E-state index contributed by atoms with van der Waals surface area (Å²) >= 11 is 0. The zero-order valence-corrected chi connectivity index (χ0v) is 50.0. The molecular formula is C70H120O6. The van der Waals surface area contributed by atoms with Gasteiger partial charge < -0.3 is 14.2 Å². The van der Waals surface area contributed by atoms with E-state index in [1.807, 2.05) is 0 Å². The molecule has 0 aliphatic carbocycles. The molecule has 0 aliphatic rings. The van der Waals surface area contributed by atoms with Gasteiger partial charge >= 0.3 is 17.9 Å². The highest BCUT2D eigenvalue weighted by Crippen LogP contribution is 2.16. The zero-order chi connectivity index (χ0) is 55.0. The number of unbranched alkanes of at least 4 members (excludes halogenated alkanes) is 31. The molecule has 0 saturated carbocycles. The lowest BCUT2D eigenvalue weighted by molar-refractivity contribution is -0.167. The number of hydrogen-bond donors (Lipinski definition) is 0. The van der Waals surface area contributed by atoms with E-state index >= 15 is 0 Å². The number of esters is 3. The van der Waals surface area contributed by atoms with Crippen molar-refractivity contribution in [3.8, 4) is 0 Å². The second-order valence-electron chi connectivity index (χ2n) is 21.3. The maximum Gasteiger partial charge on any atom is 0.306 e. The molecule has 0 saturated heterocycles. The van der Waals surface area contributed by atoms with Crippen molar-refractivity contribution in [3.05, 3.63) is 97.2 Å². The summed E-state index contributed by atoms with van der Waals surface area (Å²) < 4.78 is 16.9. The molecule has 0 fully saturated rings. The quantitative estimate of drug-likeness (QED) is 0.0261. The molecule has 0 aromatic rings. The Kier molecular flexibility index (Phi) is 60.8. The number of hydrogen-bond acceptors (Lipinski definition) is 6. The van der Waals surface area contributed by atoms with Crippen LogP contribution in [0.15, 0.2) is 97.2 Å². The van der Waals surface area contributed by atoms with Crippen LogP contribution in [0.2, 0.25) is 0 Å². The number of carbonyl (C=O) groups is 3. The standard InChI is InChI=1S/C70H120O6/c1-4-7-10-13-16-19-22-25-27-29-31-32-33-34-35-36-37-38-40-41-43-45-48-51-54-57-60-63-69(72)75-66-67(65-74-68(71)62-59-56-53-50-47-24-21-18-15-12-9-6-3)76-70(73)64-61-58-55-52-49-46-44-42-39-30-28-26-23-20-17-14-11-8-5-2/h7,10,16,18-19,21,25-28,31-32,34-35,37-38,67H,4-6,8-9,11-15,17,20,22-24,29-30,33,36,39-66H2,1-3H3/b10-7-,19-16-,21-18-,27-25-,28-26-,32-31-,35-34-,38-37-. The second kappa shape index (κ2) is 63.9. The van der Waals surface area contributed by atoms with Crippen LogP contribution in [0.5, 0.6) is 0 Å². The average molecular weight is 1060 g/mol. The summed E-state index contributed by atoms with van der Waals surface area (Å²) in [5.41, 5.74) is 0. The lowest BCUT2D eigenvalue weighted by Crippen LogP contribution is -2.30. The van der Waals surface area contributed by atoms with E-state index < -0.39 is 6.10 Å². The van der Waals surface area contributed by atoms with Crippen LogP contribution in [0.25, 0.3) is 0 Å². The Morgan fingerprint density at radius 2 is 0.513 bits per heavy atom. The van der Waals surface area contributed by atoms with Gasteiger partial charge in [0, 0.05) is 19.3 Å². The van der Waals surface area contributed by atoms with Crippen molar-refractivity contribution < 1.29 is 28.6 Å². The Balaban J connectivity index is 4.32. The summed E-state index contributed by atoms with van der Waals surface area (Å²) in [5, 5.41) is 0. The maximum atomic E-state index is 12.9. The summed E-state index contributed by atoms with van der Waals surface area (Å²) in [6.07, 6.45) is 85.5. The van der Waals surface area contributed by atoms with Gasteiger partial charge in [0.1, 0.15) is 13.2 Å². The van der Waals surface area contributed by atoms with E-state index in [0.717, 1.165) is 109 Å². The van der Waals surface area contributed by atoms with Crippen molar-refractivity contribution in [2.24, 2.45) is 0 Å². The predicted octanol–water partition coefficient (Wildman–Crippen LogP) is 22.0. The van der Waals surface area contributed by atoms with Crippen molar-refractivity contribution in [2.45, 2.75) is 316 Å². The van der Waals surface area contributed by atoms with Crippen molar-refractivity contribution in [3.63, 3.8) is 0 Å². The van der Waals surface area contributed by atoms with E-state index in [9.17, 15) is 14.4 Å². The molecular weight excluding hydrogens is 937 g/mol. The molecule has 0 aromatic carbocycles. The van der Waals surface area contributed by atoms with E-state index in [2.05, 4.69) is 118 Å². The van der Waals surface area contributed by atoms with Crippen LogP contribution in [-0.4, -0.2) is 37.2 Å². The Bertz CT molecular complexity index is 1490. The minimum atomic E-state index is -0.786. The average Bonchev–Trinajstić information content (AvgIpc) is 3.42. The Morgan fingerprint density at radius 3 is 0.842 bits per heavy atom. The first-order chi connectivity index (χ1) is 37.5. The van der Waals surface area contributed by atoms with Crippen LogP contribution in [0.3, 0.4) is 0 Å². The zero-order valence-electron chi connectivity index (χ0n) is 50.0. The second-order valence-corrected chi connectivity index (χ2v) is 21.3. The van der Waals surface area contributed by atoms with Crippen LogP contribution in [0.4, 0.5) is 0 Å². The fraction of sp³-hybridized carbons (Fsp3) is 0.729. The van der Waals surface area contributed by atoms with Crippen molar-refractivity contribution in [1.82, 2.24) is 0 Å². The smallest absolute Gasteiger partial charge is 0.306 e. The lowest BCUT2D eigenvalue weighted by Gasteiger charge is -2.18. The van der Waals surface area contributed by atoms with Gasteiger partial charge in [-0.25, -0.2) is 0 Å². The van der Waals surface area contributed by atoms with Gasteiger partial charge in [-0.2, -0.15) is 0 Å². The molecule has 0 N–H and O–H groups in total. The van der Waals surface area contributed by atoms with Crippen LogP contribution >= 0.6 is 0 Å². The molecule has 0 radical (unpaired) electrons. The first-order valence-corrected chi connectivity index (χ1v) is 32.2. The molecule has 6 heteroatoms. The third kappa shape index (κ3) is 61.2. The highest BCUT2D eigenvalue weighted by Gasteiger charge is 2.19. The number of rotatable bonds is 58. The molecule has 0 aromatic heterocycles. The number of carbonyl (C=O) groups excluding carboxylic acids is 3. The Hall–Kier alpha value is -3.67. The van der Waals surface area contributed by atoms with Crippen LogP contribution in [-0.2, 0) is 28.6 Å². The largest absolute Gasteiger partial charge is 0.462 e. The molecule has 6 nitrogen and oxygen atoms in total. The van der Waals surface area contributed by atoms with Gasteiger partial charge in [0.15, 0.2) is 6.10 Å². The normalized spacial score (nSPS) is 12.7. The first-order valence-electron chi connectivity index (χ1n) is 32.2. The van der Waals surface area contributed by atoms with E-state index in [1.165, 1.54) is 161 Å². The minimum Gasteiger partial charge on any atom is -0.462 e. The van der Waals surface area contributed by atoms with E-state index in [4.69, 9.17) is 14.2 Å². The fourth-order valence-corrected chi connectivity index (χ4v) is 8.97. The number of allylic oxidation sites excluding steroid dienone is 16. The Morgan fingerprint density at radius 1 is 0.276 bits per heavy atom. The summed E-state index contributed by atoms with van der Waals surface area (Å²) in [4.78, 5) is 38.3. The topological polar surface area (TPSA) is 78.9 Å². The van der Waals surface area contributed by atoms with Crippen molar-refractivity contribution in [2.75, 3.05) is 13.2 Å². The minimum absolute atomic E-state index is 0.0840. The molecule has 0 aliphatic heterocycles. The van der Waals surface area contributed by atoms with Crippen LogP contribution in [0, 0.1) is 0 Å². The molecule has 436 valence electrons. The number of ether oxygens (including phenoxy) is 3. The summed E-state index contributed by atoms with van der Waals surface area (Å²) in [7, 11) is 0. The highest BCUT2D eigenvalue weighted by atomic mass is 16.6. The van der Waals surface area contributed by atoms with Crippen LogP contribution < -0.4 is 0 Å². The molecule has 0 rings (SSSR count). The summed E-state index contributed by atoms with van der Waals surface area (Å²) in [6.45, 7) is 6.51. The van der Waals surface area contributed by atoms with Gasteiger partial charge in [-0.1, -0.05) is 266 Å². The van der Waals surface area contributed by atoms with Gasteiger partial charge in [0.25, 0.3) is 0 Å². The van der Waals surface area contributed by atoms with Gasteiger partial charge in [-0.15, -0.1) is 0 Å². The van der Waals surface area contributed by atoms with Gasteiger partial charge in [0.05, 0.1) is 0 Å². The molecule has 0 spiro atoms. The molecule has 0 amide bonds. The van der Waals surface area contributed by atoms with Gasteiger partial charge in [-0.05, 0) is 122 Å². The SMILES string of the molecule is CC/C=C\C/C=C\C/C=C\C/C=C\C/C=C\C/C=C\CCCCCCCCCCC(=O)OCC(COC(=O)CCCCCCC/C=C\CCCCC)OC(=O)CCCCCCCCCCC/C=C\CCCCCCCC. The van der Waals surface area contributed by atoms with Crippen molar-refractivity contribution in [1.29, 1.82) is 0 Å². The third-order valence-corrected chi connectivity index (χ3v) is 13.8. The lowest BCUT2D eigenvalue weighted by atomic mass is 10.1. The molecule has 0 heterocycles. The van der Waals surface area contributed by atoms with Gasteiger partial charge in [-0.3, -0.25) is 14.4 Å². The van der Waals surface area contributed by atoms with Gasteiger partial charge in [0.2, 0.25) is 0 Å². The van der Waals surface area contributed by atoms with E-state index in [-0.39, 0.29) is 31.1 Å². The molecule has 0 bridgehead atoms. The van der Waals surface area contributed by atoms with Crippen molar-refractivity contribution >= 4 is 17.9 Å². The fourth-order valence-electron chi connectivity index (χ4n) is 8.97. The molecule has 76 heavy (non-hydrogen) atoms.